The summed E-state index contributed by atoms with van der Waals surface area (Å²) in [6.45, 7) is 1.90. The third kappa shape index (κ3) is 2.69. The highest BCUT2D eigenvalue weighted by Gasteiger charge is 2.50. The molecule has 2 rings (SSSR count). The lowest BCUT2D eigenvalue weighted by Gasteiger charge is -2.08. The number of ether oxygens (including phenoxy) is 1. The first-order valence-corrected chi connectivity index (χ1v) is 5.54. The standard InChI is InChI=1S/C11H16N2O2/c12-8-11(3-4-11)10(14)13-5-6-15-7-9-1-2-9/h9H,1-7H2,(H,13,14). The normalized spacial score (nSPS) is 21.8. The van der Waals surface area contributed by atoms with Crippen LogP contribution < -0.4 is 5.32 Å². The van der Waals surface area contributed by atoms with Crippen molar-refractivity contribution in [3.8, 4) is 6.07 Å². The molecule has 0 aromatic carbocycles. The number of nitrogens with one attached hydrogen (secondary N) is 1. The summed E-state index contributed by atoms with van der Waals surface area (Å²) < 4.78 is 5.38. The van der Waals surface area contributed by atoms with E-state index in [2.05, 4.69) is 11.4 Å². The number of rotatable bonds is 6. The lowest BCUT2D eigenvalue weighted by atomic mass is 10.1. The summed E-state index contributed by atoms with van der Waals surface area (Å²) in [5.41, 5.74) is -0.698. The summed E-state index contributed by atoms with van der Waals surface area (Å²) in [5, 5.41) is 11.5. The van der Waals surface area contributed by atoms with Crippen LogP contribution in [0.5, 0.6) is 0 Å². The van der Waals surface area contributed by atoms with Crippen molar-refractivity contribution >= 4 is 5.91 Å². The van der Waals surface area contributed by atoms with Crippen LogP contribution in [0, 0.1) is 22.7 Å². The Kier molecular flexibility index (Phi) is 2.92. The van der Waals surface area contributed by atoms with Crippen LogP contribution >= 0.6 is 0 Å². The van der Waals surface area contributed by atoms with Gasteiger partial charge in [0.1, 0.15) is 5.41 Å². The number of amides is 1. The molecule has 15 heavy (non-hydrogen) atoms. The molecule has 0 spiro atoms. The molecule has 2 aliphatic carbocycles. The summed E-state index contributed by atoms with van der Waals surface area (Å²) in [6, 6.07) is 2.07. The largest absolute Gasteiger partial charge is 0.379 e. The van der Waals surface area contributed by atoms with Gasteiger partial charge in [0.25, 0.3) is 0 Å². The summed E-state index contributed by atoms with van der Waals surface area (Å²) in [5.74, 6) is 0.634. The summed E-state index contributed by atoms with van der Waals surface area (Å²) in [6.07, 6.45) is 3.98. The fourth-order valence-electron chi connectivity index (χ4n) is 1.46. The molecular weight excluding hydrogens is 192 g/mol. The van der Waals surface area contributed by atoms with E-state index in [0.717, 1.165) is 12.5 Å². The first kappa shape index (κ1) is 10.4. The van der Waals surface area contributed by atoms with Gasteiger partial charge in [-0.1, -0.05) is 0 Å². The van der Waals surface area contributed by atoms with Crippen LogP contribution in [0.2, 0.25) is 0 Å². The number of carbonyl (C=O) groups is 1. The van der Waals surface area contributed by atoms with E-state index < -0.39 is 5.41 Å². The smallest absolute Gasteiger partial charge is 0.240 e. The monoisotopic (exact) mass is 208 g/mol. The fraction of sp³-hybridized carbons (Fsp3) is 0.818. The van der Waals surface area contributed by atoms with E-state index in [1.807, 2.05) is 0 Å². The molecule has 1 N–H and O–H groups in total. The van der Waals surface area contributed by atoms with E-state index in [-0.39, 0.29) is 5.91 Å². The molecular formula is C11H16N2O2. The maximum absolute atomic E-state index is 11.5. The number of hydrogen-bond acceptors (Lipinski definition) is 3. The van der Waals surface area contributed by atoms with Gasteiger partial charge in [0, 0.05) is 13.2 Å². The molecule has 2 fully saturated rings. The van der Waals surface area contributed by atoms with E-state index >= 15 is 0 Å². The third-order valence-electron chi connectivity index (χ3n) is 2.98. The van der Waals surface area contributed by atoms with E-state index in [9.17, 15) is 4.79 Å². The van der Waals surface area contributed by atoms with Crippen molar-refractivity contribution in [2.45, 2.75) is 25.7 Å². The van der Waals surface area contributed by atoms with Gasteiger partial charge in [-0.25, -0.2) is 0 Å². The Bertz CT molecular complexity index is 287. The van der Waals surface area contributed by atoms with Crippen molar-refractivity contribution in [3.63, 3.8) is 0 Å². The van der Waals surface area contributed by atoms with Crippen molar-refractivity contribution in [2.24, 2.45) is 11.3 Å². The Balaban J connectivity index is 1.53. The molecule has 0 heterocycles. The van der Waals surface area contributed by atoms with Crippen LogP contribution in [0.1, 0.15) is 25.7 Å². The summed E-state index contributed by atoms with van der Waals surface area (Å²) >= 11 is 0. The average Bonchev–Trinajstić information content (AvgIpc) is 3.12. The first-order chi connectivity index (χ1) is 7.27. The zero-order chi connectivity index (χ0) is 10.7. The summed E-state index contributed by atoms with van der Waals surface area (Å²) in [7, 11) is 0. The van der Waals surface area contributed by atoms with Gasteiger partial charge in [-0.05, 0) is 31.6 Å². The SMILES string of the molecule is N#CC1(C(=O)NCCOCC2CC2)CC1. The number of carbonyl (C=O) groups excluding carboxylic acids is 1. The molecule has 1 amide bonds. The zero-order valence-electron chi connectivity index (χ0n) is 8.79. The van der Waals surface area contributed by atoms with Gasteiger partial charge < -0.3 is 10.1 Å². The van der Waals surface area contributed by atoms with Crippen LogP contribution in [-0.2, 0) is 9.53 Å². The minimum atomic E-state index is -0.698. The van der Waals surface area contributed by atoms with Crippen molar-refractivity contribution in [1.82, 2.24) is 5.32 Å². The highest BCUT2D eigenvalue weighted by Crippen LogP contribution is 2.44. The molecule has 0 radical (unpaired) electrons. The molecule has 0 unspecified atom stereocenters. The number of hydrogen-bond donors (Lipinski definition) is 1. The predicted molar refractivity (Wildman–Crippen MR) is 53.8 cm³/mol. The van der Waals surface area contributed by atoms with Gasteiger partial charge in [-0.15, -0.1) is 0 Å². The van der Waals surface area contributed by atoms with E-state index in [1.54, 1.807) is 0 Å². The van der Waals surface area contributed by atoms with E-state index in [0.29, 0.717) is 26.0 Å². The molecule has 0 saturated heterocycles. The summed E-state index contributed by atoms with van der Waals surface area (Å²) in [4.78, 5) is 11.5. The van der Waals surface area contributed by atoms with Gasteiger partial charge in [0.05, 0.1) is 12.7 Å². The quantitative estimate of drug-likeness (QED) is 0.658. The molecule has 0 bridgehead atoms. The zero-order valence-corrected chi connectivity index (χ0v) is 8.79. The Morgan fingerprint density at radius 1 is 1.53 bits per heavy atom. The molecule has 0 aromatic rings. The maximum atomic E-state index is 11.5. The van der Waals surface area contributed by atoms with Crippen LogP contribution in [0.3, 0.4) is 0 Å². The number of nitrogens with zero attached hydrogens (tertiary/aromatic N) is 1. The Morgan fingerprint density at radius 3 is 2.80 bits per heavy atom. The van der Waals surface area contributed by atoms with Gasteiger partial charge in [0.15, 0.2) is 0 Å². The lowest BCUT2D eigenvalue weighted by molar-refractivity contribution is -0.124. The molecule has 0 aromatic heterocycles. The second-order valence-electron chi connectivity index (χ2n) is 4.47. The van der Waals surface area contributed by atoms with E-state index in [1.165, 1.54) is 12.8 Å². The Morgan fingerprint density at radius 2 is 2.27 bits per heavy atom. The topological polar surface area (TPSA) is 62.1 Å². The van der Waals surface area contributed by atoms with E-state index in [4.69, 9.17) is 10.00 Å². The minimum Gasteiger partial charge on any atom is -0.379 e. The lowest BCUT2D eigenvalue weighted by Crippen LogP contribution is -2.33. The molecule has 82 valence electrons. The van der Waals surface area contributed by atoms with Gasteiger partial charge in [0.2, 0.25) is 5.91 Å². The first-order valence-electron chi connectivity index (χ1n) is 5.54. The predicted octanol–water partition coefficient (Wildman–Crippen LogP) is 0.833. The van der Waals surface area contributed by atoms with Crippen molar-refractivity contribution < 1.29 is 9.53 Å². The fourth-order valence-corrected chi connectivity index (χ4v) is 1.46. The average molecular weight is 208 g/mol. The second kappa shape index (κ2) is 4.19. The van der Waals surface area contributed by atoms with Crippen molar-refractivity contribution in [2.75, 3.05) is 19.8 Å². The van der Waals surface area contributed by atoms with Crippen molar-refractivity contribution in [3.05, 3.63) is 0 Å². The number of nitriles is 1. The van der Waals surface area contributed by atoms with Crippen LogP contribution in [-0.4, -0.2) is 25.7 Å². The molecule has 4 heteroatoms. The molecule has 4 nitrogen and oxygen atoms in total. The third-order valence-corrected chi connectivity index (χ3v) is 2.98. The van der Waals surface area contributed by atoms with Crippen LogP contribution in [0.25, 0.3) is 0 Å². The van der Waals surface area contributed by atoms with Crippen molar-refractivity contribution in [1.29, 1.82) is 5.26 Å². The van der Waals surface area contributed by atoms with Gasteiger partial charge in [-0.3, -0.25) is 4.79 Å². The molecule has 0 aliphatic heterocycles. The van der Waals surface area contributed by atoms with Gasteiger partial charge >= 0.3 is 0 Å². The Hall–Kier alpha value is -1.08. The highest BCUT2D eigenvalue weighted by molar-refractivity contribution is 5.88. The highest BCUT2D eigenvalue weighted by atomic mass is 16.5. The van der Waals surface area contributed by atoms with Crippen LogP contribution in [0.15, 0.2) is 0 Å². The minimum absolute atomic E-state index is 0.125. The molecule has 2 saturated carbocycles. The molecule has 0 atom stereocenters. The molecule has 2 aliphatic rings. The Labute approximate surface area is 89.6 Å². The maximum Gasteiger partial charge on any atom is 0.240 e. The second-order valence-corrected chi connectivity index (χ2v) is 4.47. The van der Waals surface area contributed by atoms with Gasteiger partial charge in [-0.2, -0.15) is 5.26 Å². The van der Waals surface area contributed by atoms with Crippen LogP contribution in [0.4, 0.5) is 0 Å².